The lowest BCUT2D eigenvalue weighted by atomic mass is 9.61. The fourth-order valence-corrected chi connectivity index (χ4v) is 3.82. The van der Waals surface area contributed by atoms with Gasteiger partial charge >= 0.3 is 5.97 Å². The van der Waals surface area contributed by atoms with Crippen LogP contribution in [0.2, 0.25) is 0 Å². The molecule has 0 bridgehead atoms. The van der Waals surface area contributed by atoms with Gasteiger partial charge in [-0.1, -0.05) is 63.6 Å². The second kappa shape index (κ2) is 6.46. The normalized spacial score (nSPS) is 26.9. The Labute approximate surface area is 127 Å². The number of carboxylic acids is 1. The van der Waals surface area contributed by atoms with Crippen molar-refractivity contribution in [3.63, 3.8) is 0 Å². The molecule has 0 heterocycles. The van der Waals surface area contributed by atoms with Crippen molar-refractivity contribution in [2.75, 3.05) is 0 Å². The molecule has 0 aliphatic heterocycles. The fourth-order valence-electron chi connectivity index (χ4n) is 3.82. The molecule has 1 aromatic rings. The second-order valence-corrected chi connectivity index (χ2v) is 6.97. The molecule has 114 valence electrons. The van der Waals surface area contributed by atoms with Gasteiger partial charge in [0.05, 0.1) is 0 Å². The van der Waals surface area contributed by atoms with Crippen LogP contribution in [-0.2, 0) is 10.2 Å². The summed E-state index contributed by atoms with van der Waals surface area (Å²) in [5.74, 6) is 0.674. The molecule has 2 nitrogen and oxygen atoms in total. The van der Waals surface area contributed by atoms with Crippen LogP contribution in [0.1, 0.15) is 45.6 Å². The molecule has 1 saturated carbocycles. The average molecular weight is 286 g/mol. The standard InChI is InChI=1S/C19H26O2/c1-14-9-11-17(15(13-14)10-12-18(20)21)19(2,3)16-7-5-4-6-8-16/h4-8,10,12,14-15,17H,9,11,13H2,1-3H3,(H,20,21). The third kappa shape index (κ3) is 3.75. The third-order valence-electron chi connectivity index (χ3n) is 5.09. The van der Waals surface area contributed by atoms with E-state index in [1.54, 1.807) is 0 Å². The van der Waals surface area contributed by atoms with Crippen molar-refractivity contribution >= 4 is 5.97 Å². The summed E-state index contributed by atoms with van der Waals surface area (Å²) in [6, 6.07) is 10.6. The zero-order valence-electron chi connectivity index (χ0n) is 13.3. The first-order valence-corrected chi connectivity index (χ1v) is 7.88. The number of carboxylic acid groups (broad SMARTS) is 1. The van der Waals surface area contributed by atoms with E-state index in [2.05, 4.69) is 45.0 Å². The molecular formula is C19H26O2. The number of aliphatic carboxylic acids is 1. The molecule has 2 heteroatoms. The molecule has 0 amide bonds. The van der Waals surface area contributed by atoms with Crippen molar-refractivity contribution in [2.45, 2.75) is 45.4 Å². The van der Waals surface area contributed by atoms with E-state index in [4.69, 9.17) is 5.11 Å². The van der Waals surface area contributed by atoms with Crippen LogP contribution in [0.5, 0.6) is 0 Å². The van der Waals surface area contributed by atoms with Gasteiger partial charge in [0.1, 0.15) is 0 Å². The molecular weight excluding hydrogens is 260 g/mol. The van der Waals surface area contributed by atoms with Crippen LogP contribution in [0.4, 0.5) is 0 Å². The quantitative estimate of drug-likeness (QED) is 0.817. The molecule has 1 aliphatic rings. The number of rotatable bonds is 4. The molecule has 1 aromatic carbocycles. The minimum atomic E-state index is -0.843. The number of carbonyl (C=O) groups is 1. The highest BCUT2D eigenvalue weighted by atomic mass is 16.4. The number of benzene rings is 1. The van der Waals surface area contributed by atoms with Crippen molar-refractivity contribution in [1.82, 2.24) is 0 Å². The van der Waals surface area contributed by atoms with Crippen LogP contribution < -0.4 is 0 Å². The number of hydrogen-bond acceptors (Lipinski definition) is 1. The Bertz CT molecular complexity index is 502. The van der Waals surface area contributed by atoms with E-state index in [1.807, 2.05) is 12.1 Å². The van der Waals surface area contributed by atoms with Gasteiger partial charge in [0.25, 0.3) is 0 Å². The summed E-state index contributed by atoms with van der Waals surface area (Å²) in [6.45, 7) is 6.86. The van der Waals surface area contributed by atoms with E-state index >= 15 is 0 Å². The zero-order valence-corrected chi connectivity index (χ0v) is 13.3. The van der Waals surface area contributed by atoms with E-state index in [9.17, 15) is 4.79 Å². The maximum Gasteiger partial charge on any atom is 0.327 e. The van der Waals surface area contributed by atoms with Crippen molar-refractivity contribution in [3.8, 4) is 0 Å². The Morgan fingerprint density at radius 2 is 1.90 bits per heavy atom. The predicted octanol–water partition coefficient (Wildman–Crippen LogP) is 4.66. The van der Waals surface area contributed by atoms with Crippen LogP contribution >= 0.6 is 0 Å². The van der Waals surface area contributed by atoms with Crippen molar-refractivity contribution in [3.05, 3.63) is 48.0 Å². The molecule has 1 fully saturated rings. The van der Waals surface area contributed by atoms with Crippen molar-refractivity contribution < 1.29 is 9.90 Å². The Balaban J connectivity index is 2.27. The molecule has 3 atom stereocenters. The monoisotopic (exact) mass is 286 g/mol. The highest BCUT2D eigenvalue weighted by Crippen LogP contribution is 2.46. The van der Waals surface area contributed by atoms with Crippen LogP contribution in [0, 0.1) is 17.8 Å². The number of allylic oxidation sites excluding steroid dienone is 1. The maximum absolute atomic E-state index is 10.9. The molecule has 2 rings (SSSR count). The van der Waals surface area contributed by atoms with Gasteiger partial charge in [0.15, 0.2) is 0 Å². The molecule has 21 heavy (non-hydrogen) atoms. The van der Waals surface area contributed by atoms with Gasteiger partial charge in [0.2, 0.25) is 0 Å². The van der Waals surface area contributed by atoms with Crippen molar-refractivity contribution in [2.24, 2.45) is 17.8 Å². The first-order valence-electron chi connectivity index (χ1n) is 7.88. The van der Waals surface area contributed by atoms with E-state index < -0.39 is 5.97 Å². The van der Waals surface area contributed by atoms with E-state index in [-0.39, 0.29) is 5.41 Å². The van der Waals surface area contributed by atoms with Crippen LogP contribution in [0.15, 0.2) is 42.5 Å². The van der Waals surface area contributed by atoms with Crippen LogP contribution in [-0.4, -0.2) is 11.1 Å². The maximum atomic E-state index is 10.9. The highest BCUT2D eigenvalue weighted by Gasteiger charge is 2.38. The van der Waals surface area contributed by atoms with Gasteiger partial charge < -0.3 is 5.11 Å². The smallest absolute Gasteiger partial charge is 0.327 e. The lowest BCUT2D eigenvalue weighted by Gasteiger charge is -2.43. The molecule has 0 saturated heterocycles. The van der Waals surface area contributed by atoms with E-state index in [0.717, 1.165) is 12.8 Å². The summed E-state index contributed by atoms with van der Waals surface area (Å²) < 4.78 is 0. The Morgan fingerprint density at radius 1 is 1.24 bits per heavy atom. The SMILES string of the molecule is CC1CCC(C(C)(C)c2ccccc2)C(C=CC(=O)O)C1. The van der Waals surface area contributed by atoms with E-state index in [1.165, 1.54) is 18.1 Å². The second-order valence-electron chi connectivity index (χ2n) is 6.97. The Morgan fingerprint density at radius 3 is 2.52 bits per heavy atom. The predicted molar refractivity (Wildman–Crippen MR) is 86.2 cm³/mol. The lowest BCUT2D eigenvalue weighted by Crippen LogP contribution is -2.37. The fraction of sp³-hybridized carbons (Fsp3) is 0.526. The minimum absolute atomic E-state index is 0.0644. The van der Waals surface area contributed by atoms with Gasteiger partial charge in [-0.25, -0.2) is 4.79 Å². The highest BCUT2D eigenvalue weighted by molar-refractivity contribution is 5.79. The Kier molecular flexibility index (Phi) is 4.87. The molecule has 3 unspecified atom stereocenters. The summed E-state index contributed by atoms with van der Waals surface area (Å²) in [5, 5.41) is 8.93. The summed E-state index contributed by atoms with van der Waals surface area (Å²) in [7, 11) is 0. The van der Waals surface area contributed by atoms with Gasteiger partial charge in [-0.2, -0.15) is 0 Å². The zero-order chi connectivity index (χ0) is 15.5. The lowest BCUT2D eigenvalue weighted by molar-refractivity contribution is -0.131. The third-order valence-corrected chi connectivity index (χ3v) is 5.09. The molecule has 0 spiro atoms. The first-order chi connectivity index (χ1) is 9.91. The summed E-state index contributed by atoms with van der Waals surface area (Å²) >= 11 is 0. The average Bonchev–Trinajstić information content (AvgIpc) is 2.46. The van der Waals surface area contributed by atoms with Gasteiger partial charge in [-0.05, 0) is 41.6 Å². The van der Waals surface area contributed by atoms with Gasteiger partial charge in [-0.15, -0.1) is 0 Å². The molecule has 0 radical (unpaired) electrons. The van der Waals surface area contributed by atoms with E-state index in [0.29, 0.717) is 17.8 Å². The van der Waals surface area contributed by atoms with Gasteiger partial charge in [0, 0.05) is 6.08 Å². The van der Waals surface area contributed by atoms with Crippen LogP contribution in [0.25, 0.3) is 0 Å². The molecule has 1 N–H and O–H groups in total. The first kappa shape index (κ1) is 15.8. The summed E-state index contributed by atoms with van der Waals surface area (Å²) in [6.07, 6.45) is 6.74. The topological polar surface area (TPSA) is 37.3 Å². The Hall–Kier alpha value is -1.57. The minimum Gasteiger partial charge on any atom is -0.478 e. The summed E-state index contributed by atoms with van der Waals surface area (Å²) in [5.41, 5.74) is 1.41. The van der Waals surface area contributed by atoms with Gasteiger partial charge in [-0.3, -0.25) is 0 Å². The largest absolute Gasteiger partial charge is 0.478 e. The van der Waals surface area contributed by atoms with Crippen molar-refractivity contribution in [1.29, 1.82) is 0 Å². The molecule has 1 aliphatic carbocycles. The molecule has 0 aromatic heterocycles. The number of hydrogen-bond donors (Lipinski definition) is 1. The van der Waals surface area contributed by atoms with Crippen LogP contribution in [0.3, 0.4) is 0 Å². The summed E-state index contributed by atoms with van der Waals surface area (Å²) in [4.78, 5) is 10.9.